The molecule has 0 spiro atoms. The van der Waals surface area contributed by atoms with Gasteiger partial charge in [0.05, 0.1) is 11.5 Å². The fraction of sp³-hybridized carbons (Fsp3) is 0.409. The number of halogens is 2. The molecule has 1 fully saturated rings. The maximum absolute atomic E-state index is 12.3. The lowest BCUT2D eigenvalue weighted by molar-refractivity contribution is -0.120. The van der Waals surface area contributed by atoms with Crippen LogP contribution in [0.4, 0.5) is 5.69 Å². The Morgan fingerprint density at radius 1 is 1.00 bits per heavy atom. The van der Waals surface area contributed by atoms with Gasteiger partial charge in [-0.05, 0) is 29.8 Å². The molecule has 1 aliphatic rings. The number of amides is 1. The molecule has 31 heavy (non-hydrogen) atoms. The number of rotatable bonds is 9. The molecular formula is C22H27Cl2N3O3S. The molecule has 0 atom stereocenters. The average molecular weight is 484 g/mol. The van der Waals surface area contributed by atoms with Gasteiger partial charge in [0.2, 0.25) is 5.91 Å². The van der Waals surface area contributed by atoms with E-state index in [2.05, 4.69) is 21.2 Å². The van der Waals surface area contributed by atoms with Gasteiger partial charge in [0.25, 0.3) is 0 Å². The van der Waals surface area contributed by atoms with Crippen molar-refractivity contribution in [2.45, 2.75) is 12.2 Å². The number of piperazine rings is 1. The monoisotopic (exact) mass is 483 g/mol. The first-order chi connectivity index (χ1) is 14.8. The Bertz CT molecular complexity index is 993. The van der Waals surface area contributed by atoms with Crippen molar-refractivity contribution in [3.8, 4) is 0 Å². The van der Waals surface area contributed by atoms with Crippen molar-refractivity contribution in [1.29, 1.82) is 0 Å². The highest BCUT2D eigenvalue weighted by Crippen LogP contribution is 2.21. The average Bonchev–Trinajstić information content (AvgIpc) is 2.74. The second kappa shape index (κ2) is 11.2. The summed E-state index contributed by atoms with van der Waals surface area (Å²) in [5.41, 5.74) is 1.68. The van der Waals surface area contributed by atoms with Crippen LogP contribution in [-0.4, -0.2) is 64.2 Å². The summed E-state index contributed by atoms with van der Waals surface area (Å²) in [6.45, 7) is 4.83. The van der Waals surface area contributed by atoms with E-state index in [0.29, 0.717) is 17.1 Å². The van der Waals surface area contributed by atoms with Gasteiger partial charge in [-0.1, -0.05) is 47.5 Å². The number of carbonyl (C=O) groups excluding carboxylic acids is 1. The van der Waals surface area contributed by atoms with Gasteiger partial charge in [0.15, 0.2) is 9.84 Å². The first-order valence-corrected chi connectivity index (χ1v) is 12.8. The van der Waals surface area contributed by atoms with Crippen LogP contribution >= 0.6 is 23.2 Å². The first kappa shape index (κ1) is 23.9. The quantitative estimate of drug-likeness (QED) is 0.592. The summed E-state index contributed by atoms with van der Waals surface area (Å²) in [6, 6.07) is 14.7. The Morgan fingerprint density at radius 2 is 1.74 bits per heavy atom. The van der Waals surface area contributed by atoms with E-state index in [1.54, 1.807) is 24.3 Å². The normalized spacial score (nSPS) is 15.1. The Balaban J connectivity index is 1.34. The molecule has 0 radical (unpaired) electrons. The first-order valence-electron chi connectivity index (χ1n) is 10.3. The van der Waals surface area contributed by atoms with Crippen molar-refractivity contribution in [1.82, 2.24) is 10.2 Å². The zero-order valence-electron chi connectivity index (χ0n) is 17.3. The van der Waals surface area contributed by atoms with Gasteiger partial charge >= 0.3 is 0 Å². The van der Waals surface area contributed by atoms with E-state index in [4.69, 9.17) is 23.2 Å². The molecule has 0 aromatic heterocycles. The predicted molar refractivity (Wildman–Crippen MR) is 127 cm³/mol. The highest BCUT2D eigenvalue weighted by atomic mass is 35.5. The van der Waals surface area contributed by atoms with Crippen molar-refractivity contribution in [3.05, 3.63) is 64.1 Å². The minimum Gasteiger partial charge on any atom is -0.369 e. The van der Waals surface area contributed by atoms with Crippen molar-refractivity contribution >= 4 is 44.6 Å². The number of anilines is 1. The third-order valence-electron chi connectivity index (χ3n) is 5.27. The van der Waals surface area contributed by atoms with Crippen LogP contribution in [0.3, 0.4) is 0 Å². The molecule has 0 bridgehead atoms. The van der Waals surface area contributed by atoms with E-state index in [0.717, 1.165) is 43.4 Å². The number of hydrogen-bond donors (Lipinski definition) is 1. The van der Waals surface area contributed by atoms with Crippen LogP contribution in [-0.2, 0) is 20.4 Å². The highest BCUT2D eigenvalue weighted by Gasteiger charge is 2.18. The lowest BCUT2D eigenvalue weighted by Gasteiger charge is -2.36. The summed E-state index contributed by atoms with van der Waals surface area (Å²) >= 11 is 12.1. The lowest BCUT2D eigenvalue weighted by atomic mass is 10.2. The topological polar surface area (TPSA) is 69.7 Å². The molecule has 0 saturated carbocycles. The minimum absolute atomic E-state index is 0.0463. The molecule has 9 heteroatoms. The second-order valence-electron chi connectivity index (χ2n) is 7.59. The molecule has 0 unspecified atom stereocenters. The molecule has 0 aliphatic carbocycles. The number of nitrogens with zero attached hydrogens (tertiary/aromatic N) is 2. The summed E-state index contributed by atoms with van der Waals surface area (Å²) in [5.74, 6) is -0.598. The van der Waals surface area contributed by atoms with Gasteiger partial charge in [-0.2, -0.15) is 0 Å². The molecule has 1 N–H and O–H groups in total. The van der Waals surface area contributed by atoms with Gasteiger partial charge in [-0.25, -0.2) is 8.42 Å². The summed E-state index contributed by atoms with van der Waals surface area (Å²) in [4.78, 5) is 16.7. The fourth-order valence-corrected chi connectivity index (χ4v) is 5.35. The maximum Gasteiger partial charge on any atom is 0.221 e. The molecule has 1 aliphatic heterocycles. The van der Waals surface area contributed by atoms with E-state index in [-0.39, 0.29) is 23.8 Å². The van der Waals surface area contributed by atoms with E-state index in [1.165, 1.54) is 0 Å². The largest absolute Gasteiger partial charge is 0.369 e. The van der Waals surface area contributed by atoms with E-state index in [9.17, 15) is 13.2 Å². The maximum atomic E-state index is 12.3. The molecule has 168 valence electrons. The zero-order chi connectivity index (χ0) is 22.3. The van der Waals surface area contributed by atoms with Gasteiger partial charge in [0, 0.05) is 61.4 Å². The SMILES string of the molecule is O=C(CCS(=O)(=O)Cc1ccccc1Cl)NCCN1CCN(c2cccc(Cl)c2)CC1. The fourth-order valence-electron chi connectivity index (χ4n) is 3.52. The summed E-state index contributed by atoms with van der Waals surface area (Å²) in [7, 11) is -3.40. The third-order valence-corrected chi connectivity index (χ3v) is 7.45. The summed E-state index contributed by atoms with van der Waals surface area (Å²) in [5, 5.41) is 3.98. The van der Waals surface area contributed by atoms with Crippen LogP contribution in [0.25, 0.3) is 0 Å². The van der Waals surface area contributed by atoms with E-state index >= 15 is 0 Å². The smallest absolute Gasteiger partial charge is 0.221 e. The lowest BCUT2D eigenvalue weighted by Crippen LogP contribution is -2.48. The number of nitrogens with one attached hydrogen (secondary N) is 1. The molecule has 3 rings (SSSR count). The van der Waals surface area contributed by atoms with Crippen LogP contribution in [0.5, 0.6) is 0 Å². The van der Waals surface area contributed by atoms with Crippen molar-refractivity contribution < 1.29 is 13.2 Å². The standard InChI is InChI=1S/C22H27Cl2N3O3S/c23-19-5-3-6-20(16-19)27-13-11-26(12-14-27)10-9-25-22(28)8-15-31(29,30)17-18-4-1-2-7-21(18)24/h1-7,16H,8-15,17H2,(H,25,28). The van der Waals surface area contributed by atoms with Crippen LogP contribution in [0.15, 0.2) is 48.5 Å². The number of benzene rings is 2. The van der Waals surface area contributed by atoms with E-state index < -0.39 is 9.84 Å². The Kier molecular flexibility index (Phi) is 8.60. The molecule has 6 nitrogen and oxygen atoms in total. The van der Waals surface area contributed by atoms with Crippen molar-refractivity contribution in [2.75, 3.05) is 49.9 Å². The molecular weight excluding hydrogens is 457 g/mol. The Morgan fingerprint density at radius 3 is 2.45 bits per heavy atom. The van der Waals surface area contributed by atoms with Crippen molar-refractivity contribution in [2.24, 2.45) is 0 Å². The molecule has 2 aromatic carbocycles. The molecule has 1 amide bonds. The van der Waals surface area contributed by atoms with Crippen LogP contribution < -0.4 is 10.2 Å². The van der Waals surface area contributed by atoms with Crippen molar-refractivity contribution in [3.63, 3.8) is 0 Å². The van der Waals surface area contributed by atoms with Gasteiger partial charge in [-0.15, -0.1) is 0 Å². The van der Waals surface area contributed by atoms with Crippen LogP contribution in [0.1, 0.15) is 12.0 Å². The minimum atomic E-state index is -3.40. The third kappa shape index (κ3) is 7.68. The predicted octanol–water partition coefficient (Wildman–Crippen LogP) is 3.24. The summed E-state index contributed by atoms with van der Waals surface area (Å²) in [6.07, 6.45) is -0.0463. The Labute approximate surface area is 194 Å². The van der Waals surface area contributed by atoms with Gasteiger partial charge in [0.1, 0.15) is 0 Å². The number of sulfone groups is 1. The van der Waals surface area contributed by atoms with Crippen LogP contribution in [0, 0.1) is 0 Å². The summed E-state index contributed by atoms with van der Waals surface area (Å²) < 4.78 is 24.6. The van der Waals surface area contributed by atoms with Gasteiger partial charge < -0.3 is 10.2 Å². The van der Waals surface area contributed by atoms with Crippen LogP contribution in [0.2, 0.25) is 10.0 Å². The molecule has 1 saturated heterocycles. The van der Waals surface area contributed by atoms with Gasteiger partial charge in [-0.3, -0.25) is 9.69 Å². The number of hydrogen-bond acceptors (Lipinski definition) is 5. The highest BCUT2D eigenvalue weighted by molar-refractivity contribution is 7.90. The Hall–Kier alpha value is -1.80. The zero-order valence-corrected chi connectivity index (χ0v) is 19.6. The molecule has 1 heterocycles. The molecule has 2 aromatic rings. The second-order valence-corrected chi connectivity index (χ2v) is 10.6. The van der Waals surface area contributed by atoms with E-state index in [1.807, 2.05) is 18.2 Å². The number of carbonyl (C=O) groups is 1.